The summed E-state index contributed by atoms with van der Waals surface area (Å²) < 4.78 is 22.8. The second kappa shape index (κ2) is 5.13. The van der Waals surface area contributed by atoms with Gasteiger partial charge in [-0.1, -0.05) is 19.1 Å². The predicted octanol–water partition coefficient (Wildman–Crippen LogP) is 1.04. The first kappa shape index (κ1) is 13.7. The van der Waals surface area contributed by atoms with Crippen molar-refractivity contribution in [2.24, 2.45) is 0 Å². The molecule has 1 aromatic rings. The van der Waals surface area contributed by atoms with Crippen molar-refractivity contribution in [1.82, 2.24) is 0 Å². The summed E-state index contributed by atoms with van der Waals surface area (Å²) >= 11 is 0. The highest BCUT2D eigenvalue weighted by atomic mass is 32.2. The van der Waals surface area contributed by atoms with E-state index in [0.29, 0.717) is 17.7 Å². The van der Waals surface area contributed by atoms with Gasteiger partial charge < -0.3 is 4.90 Å². The van der Waals surface area contributed by atoms with Crippen LogP contribution in [0, 0.1) is 0 Å². The van der Waals surface area contributed by atoms with Crippen LogP contribution in [0.4, 0.5) is 5.69 Å². The van der Waals surface area contributed by atoms with Crippen LogP contribution in [0.25, 0.3) is 0 Å². The molecular formula is C13H15NO4S. The maximum Gasteiger partial charge on any atom is 0.299 e. The van der Waals surface area contributed by atoms with Gasteiger partial charge in [0.05, 0.1) is 17.0 Å². The van der Waals surface area contributed by atoms with E-state index in [2.05, 4.69) is 0 Å². The minimum atomic E-state index is -3.04. The van der Waals surface area contributed by atoms with E-state index in [4.69, 9.17) is 0 Å². The Balaban J connectivity index is 2.10. The van der Waals surface area contributed by atoms with Crippen molar-refractivity contribution in [1.29, 1.82) is 0 Å². The number of fused-ring (bicyclic) bond motifs is 1. The number of sulfone groups is 1. The Morgan fingerprint density at radius 3 is 2.53 bits per heavy atom. The van der Waals surface area contributed by atoms with E-state index in [1.54, 1.807) is 31.2 Å². The number of para-hydroxylation sites is 1. The van der Waals surface area contributed by atoms with Crippen LogP contribution in [0.3, 0.4) is 0 Å². The fourth-order valence-corrected chi connectivity index (χ4v) is 2.91. The molecule has 1 aromatic carbocycles. The van der Waals surface area contributed by atoms with Gasteiger partial charge in [-0.2, -0.15) is 0 Å². The van der Waals surface area contributed by atoms with Crippen LogP contribution in [0.15, 0.2) is 24.3 Å². The molecule has 2 rings (SSSR count). The molecule has 0 unspecified atom stereocenters. The van der Waals surface area contributed by atoms with Gasteiger partial charge in [-0.15, -0.1) is 0 Å². The third-order valence-electron chi connectivity index (χ3n) is 3.16. The highest BCUT2D eigenvalue weighted by molar-refractivity contribution is 7.91. The first-order chi connectivity index (χ1) is 8.96. The summed E-state index contributed by atoms with van der Waals surface area (Å²) in [7, 11) is -3.04. The summed E-state index contributed by atoms with van der Waals surface area (Å²) in [5.74, 6) is -0.968. The molecule has 0 aliphatic carbocycles. The van der Waals surface area contributed by atoms with Crippen molar-refractivity contribution >= 4 is 27.2 Å². The van der Waals surface area contributed by atoms with E-state index >= 15 is 0 Å². The van der Waals surface area contributed by atoms with Crippen LogP contribution in [0.1, 0.15) is 23.7 Å². The minimum absolute atomic E-state index is 0.0314. The van der Waals surface area contributed by atoms with E-state index in [1.165, 1.54) is 4.90 Å². The maximum absolute atomic E-state index is 11.8. The summed E-state index contributed by atoms with van der Waals surface area (Å²) in [4.78, 5) is 24.9. The SMILES string of the molecule is CCS(=O)(=O)CCCN1C(=O)C(=O)c2ccccc21. The van der Waals surface area contributed by atoms with Gasteiger partial charge in [-0.3, -0.25) is 9.59 Å². The van der Waals surface area contributed by atoms with Gasteiger partial charge in [-0.05, 0) is 18.6 Å². The van der Waals surface area contributed by atoms with Gasteiger partial charge in [0.1, 0.15) is 9.84 Å². The highest BCUT2D eigenvalue weighted by Crippen LogP contribution is 2.28. The molecule has 0 saturated carbocycles. The minimum Gasteiger partial charge on any atom is -0.305 e. The van der Waals surface area contributed by atoms with Gasteiger partial charge >= 0.3 is 0 Å². The zero-order valence-corrected chi connectivity index (χ0v) is 11.4. The molecule has 0 atom stereocenters. The molecule has 1 aliphatic heterocycles. The molecule has 0 aromatic heterocycles. The summed E-state index contributed by atoms with van der Waals surface area (Å²) in [6, 6.07) is 6.76. The molecule has 0 N–H and O–H groups in total. The average molecular weight is 281 g/mol. The van der Waals surface area contributed by atoms with Crippen LogP contribution in [-0.2, 0) is 14.6 Å². The molecule has 0 spiro atoms. The molecule has 1 amide bonds. The lowest BCUT2D eigenvalue weighted by molar-refractivity contribution is -0.114. The fraction of sp³-hybridized carbons (Fsp3) is 0.385. The van der Waals surface area contributed by atoms with Crippen molar-refractivity contribution in [3.05, 3.63) is 29.8 Å². The molecule has 0 bridgehead atoms. The number of benzene rings is 1. The molecule has 6 heteroatoms. The van der Waals surface area contributed by atoms with Crippen LogP contribution in [-0.4, -0.2) is 38.2 Å². The fourth-order valence-electron chi connectivity index (χ4n) is 2.06. The van der Waals surface area contributed by atoms with Crippen LogP contribution >= 0.6 is 0 Å². The lowest BCUT2D eigenvalue weighted by Crippen LogP contribution is -2.31. The Morgan fingerprint density at radius 1 is 1.16 bits per heavy atom. The lowest BCUT2D eigenvalue weighted by atomic mass is 10.1. The molecule has 19 heavy (non-hydrogen) atoms. The number of carbonyl (C=O) groups is 2. The van der Waals surface area contributed by atoms with E-state index < -0.39 is 21.5 Å². The van der Waals surface area contributed by atoms with E-state index in [1.807, 2.05) is 0 Å². The van der Waals surface area contributed by atoms with E-state index in [9.17, 15) is 18.0 Å². The number of ketones is 1. The third kappa shape index (κ3) is 2.68. The Morgan fingerprint density at radius 2 is 1.84 bits per heavy atom. The van der Waals surface area contributed by atoms with Crippen molar-refractivity contribution in [2.75, 3.05) is 23.0 Å². The number of amides is 1. The topological polar surface area (TPSA) is 71.5 Å². The quantitative estimate of drug-likeness (QED) is 0.756. The number of hydrogen-bond donors (Lipinski definition) is 0. The van der Waals surface area contributed by atoms with Gasteiger partial charge in [0.25, 0.3) is 11.7 Å². The molecular weight excluding hydrogens is 266 g/mol. The number of nitrogens with zero attached hydrogens (tertiary/aromatic N) is 1. The largest absolute Gasteiger partial charge is 0.305 e. The van der Waals surface area contributed by atoms with Crippen LogP contribution in [0.2, 0.25) is 0 Å². The lowest BCUT2D eigenvalue weighted by Gasteiger charge is -2.15. The molecule has 0 fully saturated rings. The first-order valence-electron chi connectivity index (χ1n) is 6.12. The zero-order chi connectivity index (χ0) is 14.0. The number of Topliss-reactive ketones (excluding diaryl/α,β-unsaturated/α-hetero) is 1. The third-order valence-corrected chi connectivity index (χ3v) is 4.95. The monoisotopic (exact) mass is 281 g/mol. The van der Waals surface area contributed by atoms with Crippen molar-refractivity contribution in [3.63, 3.8) is 0 Å². The van der Waals surface area contributed by atoms with E-state index in [0.717, 1.165) is 0 Å². The van der Waals surface area contributed by atoms with Crippen molar-refractivity contribution in [3.8, 4) is 0 Å². The Hall–Kier alpha value is -1.69. The van der Waals surface area contributed by atoms with Gasteiger partial charge in [-0.25, -0.2) is 8.42 Å². The summed E-state index contributed by atoms with van der Waals surface area (Å²) in [6.45, 7) is 1.84. The summed E-state index contributed by atoms with van der Waals surface area (Å²) in [5, 5.41) is 0. The van der Waals surface area contributed by atoms with Crippen molar-refractivity contribution in [2.45, 2.75) is 13.3 Å². The van der Waals surface area contributed by atoms with Gasteiger partial charge in [0.2, 0.25) is 0 Å². The number of hydrogen-bond acceptors (Lipinski definition) is 4. The highest BCUT2D eigenvalue weighted by Gasteiger charge is 2.34. The van der Waals surface area contributed by atoms with Crippen molar-refractivity contribution < 1.29 is 18.0 Å². The molecule has 0 radical (unpaired) electrons. The summed E-state index contributed by atoms with van der Waals surface area (Å²) in [5.41, 5.74) is 0.970. The second-order valence-electron chi connectivity index (χ2n) is 4.39. The van der Waals surface area contributed by atoms with Crippen LogP contribution in [0.5, 0.6) is 0 Å². The maximum atomic E-state index is 11.8. The zero-order valence-electron chi connectivity index (χ0n) is 10.6. The van der Waals surface area contributed by atoms with E-state index in [-0.39, 0.29) is 18.1 Å². The van der Waals surface area contributed by atoms with Gasteiger partial charge in [0, 0.05) is 12.3 Å². The smallest absolute Gasteiger partial charge is 0.299 e. The predicted molar refractivity (Wildman–Crippen MR) is 72.1 cm³/mol. The van der Waals surface area contributed by atoms with Gasteiger partial charge in [0.15, 0.2) is 0 Å². The standard InChI is InChI=1S/C13H15NO4S/c1-2-19(17,18)9-5-8-14-11-7-4-3-6-10(11)12(15)13(14)16/h3-4,6-7H,2,5,8-9H2,1H3. The normalized spacial score (nSPS) is 14.9. The molecule has 1 aliphatic rings. The summed E-state index contributed by atoms with van der Waals surface area (Å²) in [6.07, 6.45) is 0.337. The Bertz CT molecular complexity index is 621. The molecule has 0 saturated heterocycles. The Labute approximate surface area is 112 Å². The number of anilines is 1. The Kier molecular flexibility index (Phi) is 3.71. The average Bonchev–Trinajstić information content (AvgIpc) is 2.64. The van der Waals surface area contributed by atoms with Crippen LogP contribution < -0.4 is 4.90 Å². The molecule has 5 nitrogen and oxygen atoms in total. The number of carbonyl (C=O) groups excluding carboxylic acids is 2. The first-order valence-corrected chi connectivity index (χ1v) is 7.94. The molecule has 102 valence electrons. The molecule has 1 heterocycles. The number of rotatable bonds is 5. The second-order valence-corrected chi connectivity index (χ2v) is 6.87.